The van der Waals surface area contributed by atoms with Crippen molar-refractivity contribution >= 4 is 5.82 Å². The number of nitrogens with one attached hydrogen (secondary N) is 1. The first kappa shape index (κ1) is 12.1. The molecule has 2 aromatic rings. The highest BCUT2D eigenvalue weighted by molar-refractivity contribution is 5.71. The van der Waals surface area contributed by atoms with Gasteiger partial charge in [0.15, 0.2) is 11.6 Å². The number of anilines is 1. The number of ether oxygens (including phenoxy) is 2. The average molecular weight is 246 g/mol. The SMILES string of the molecule is CNc1ncnc(-c2ccc(OC)nc2)c1OC. The highest BCUT2D eigenvalue weighted by Gasteiger charge is 2.13. The highest BCUT2D eigenvalue weighted by Crippen LogP contribution is 2.32. The molecule has 0 saturated heterocycles. The quantitative estimate of drug-likeness (QED) is 0.883. The fraction of sp³-hybridized carbons (Fsp3) is 0.250. The molecule has 2 aromatic heterocycles. The lowest BCUT2D eigenvalue weighted by Crippen LogP contribution is -2.00. The molecule has 2 heterocycles. The van der Waals surface area contributed by atoms with Gasteiger partial charge in [-0.25, -0.2) is 15.0 Å². The van der Waals surface area contributed by atoms with Crippen LogP contribution in [0.2, 0.25) is 0 Å². The largest absolute Gasteiger partial charge is 0.491 e. The molecule has 6 heteroatoms. The van der Waals surface area contributed by atoms with Gasteiger partial charge < -0.3 is 14.8 Å². The summed E-state index contributed by atoms with van der Waals surface area (Å²) in [6, 6.07) is 3.64. The molecule has 18 heavy (non-hydrogen) atoms. The maximum absolute atomic E-state index is 5.33. The van der Waals surface area contributed by atoms with E-state index in [1.807, 2.05) is 6.07 Å². The van der Waals surface area contributed by atoms with Gasteiger partial charge in [-0.3, -0.25) is 0 Å². The molecule has 0 atom stereocenters. The zero-order valence-electron chi connectivity index (χ0n) is 10.5. The van der Waals surface area contributed by atoms with Crippen LogP contribution in [0.3, 0.4) is 0 Å². The van der Waals surface area contributed by atoms with Crippen LogP contribution in [-0.4, -0.2) is 36.2 Å². The van der Waals surface area contributed by atoms with Gasteiger partial charge in [0.1, 0.15) is 12.0 Å². The summed E-state index contributed by atoms with van der Waals surface area (Å²) in [7, 11) is 4.94. The van der Waals surface area contributed by atoms with E-state index >= 15 is 0 Å². The minimum Gasteiger partial charge on any atom is -0.491 e. The molecule has 0 radical (unpaired) electrons. The molecule has 0 bridgehead atoms. The number of nitrogens with zero attached hydrogens (tertiary/aromatic N) is 3. The number of pyridine rings is 1. The lowest BCUT2D eigenvalue weighted by atomic mass is 10.2. The smallest absolute Gasteiger partial charge is 0.212 e. The van der Waals surface area contributed by atoms with Crippen LogP contribution < -0.4 is 14.8 Å². The first-order valence-electron chi connectivity index (χ1n) is 5.37. The summed E-state index contributed by atoms with van der Waals surface area (Å²) in [5.74, 6) is 1.78. The number of hydrogen-bond acceptors (Lipinski definition) is 6. The van der Waals surface area contributed by atoms with Crippen LogP contribution in [0.1, 0.15) is 0 Å². The van der Waals surface area contributed by atoms with Crippen molar-refractivity contribution in [3.8, 4) is 22.9 Å². The highest BCUT2D eigenvalue weighted by atomic mass is 16.5. The Balaban J connectivity index is 2.48. The van der Waals surface area contributed by atoms with Gasteiger partial charge in [-0.1, -0.05) is 0 Å². The number of aromatic nitrogens is 3. The maximum atomic E-state index is 5.33. The third-order valence-electron chi connectivity index (χ3n) is 2.46. The lowest BCUT2D eigenvalue weighted by molar-refractivity contribution is 0.398. The van der Waals surface area contributed by atoms with E-state index in [1.54, 1.807) is 33.5 Å². The van der Waals surface area contributed by atoms with Gasteiger partial charge >= 0.3 is 0 Å². The molecule has 0 aliphatic rings. The van der Waals surface area contributed by atoms with Crippen molar-refractivity contribution in [2.75, 3.05) is 26.6 Å². The third kappa shape index (κ3) is 2.17. The maximum Gasteiger partial charge on any atom is 0.212 e. The Labute approximate surface area is 105 Å². The summed E-state index contributed by atoms with van der Waals surface area (Å²) < 4.78 is 10.4. The van der Waals surface area contributed by atoms with E-state index in [4.69, 9.17) is 9.47 Å². The van der Waals surface area contributed by atoms with Crippen molar-refractivity contribution in [2.24, 2.45) is 0 Å². The number of rotatable bonds is 4. The molecule has 0 amide bonds. The van der Waals surface area contributed by atoms with Crippen molar-refractivity contribution < 1.29 is 9.47 Å². The number of methoxy groups -OCH3 is 2. The lowest BCUT2D eigenvalue weighted by Gasteiger charge is -2.11. The fourth-order valence-corrected chi connectivity index (χ4v) is 1.59. The van der Waals surface area contributed by atoms with E-state index < -0.39 is 0 Å². The first-order chi connectivity index (χ1) is 8.80. The minimum absolute atomic E-state index is 0.556. The molecule has 0 unspecified atom stereocenters. The normalized spacial score (nSPS) is 9.94. The van der Waals surface area contributed by atoms with Gasteiger partial charge in [0.05, 0.1) is 14.2 Å². The van der Waals surface area contributed by atoms with Gasteiger partial charge in [0.25, 0.3) is 0 Å². The van der Waals surface area contributed by atoms with Crippen LogP contribution in [0.15, 0.2) is 24.7 Å². The molecule has 0 aliphatic heterocycles. The molecule has 94 valence electrons. The topological polar surface area (TPSA) is 69.2 Å². The second-order valence-corrected chi connectivity index (χ2v) is 3.44. The molecule has 0 fully saturated rings. The van der Waals surface area contributed by atoms with E-state index in [0.717, 1.165) is 5.56 Å². The summed E-state index contributed by atoms with van der Waals surface area (Å²) in [6.07, 6.45) is 3.16. The Morgan fingerprint density at radius 3 is 2.44 bits per heavy atom. The Hall–Kier alpha value is -2.37. The van der Waals surface area contributed by atoms with Crippen molar-refractivity contribution in [1.29, 1.82) is 0 Å². The molecule has 6 nitrogen and oxygen atoms in total. The van der Waals surface area contributed by atoms with Crippen molar-refractivity contribution in [1.82, 2.24) is 15.0 Å². The molecule has 0 spiro atoms. The van der Waals surface area contributed by atoms with Gasteiger partial charge in [0.2, 0.25) is 5.88 Å². The van der Waals surface area contributed by atoms with Crippen molar-refractivity contribution in [3.05, 3.63) is 24.7 Å². The van der Waals surface area contributed by atoms with E-state index in [9.17, 15) is 0 Å². The van der Waals surface area contributed by atoms with Crippen LogP contribution in [0.4, 0.5) is 5.82 Å². The Morgan fingerprint density at radius 2 is 1.89 bits per heavy atom. The van der Waals surface area contributed by atoms with Crippen LogP contribution in [0.25, 0.3) is 11.3 Å². The van der Waals surface area contributed by atoms with Gasteiger partial charge in [0, 0.05) is 24.9 Å². The van der Waals surface area contributed by atoms with Crippen molar-refractivity contribution in [3.63, 3.8) is 0 Å². The van der Waals surface area contributed by atoms with E-state index in [2.05, 4.69) is 20.3 Å². The van der Waals surface area contributed by atoms with Crippen LogP contribution >= 0.6 is 0 Å². The van der Waals surface area contributed by atoms with E-state index in [1.165, 1.54) is 6.33 Å². The van der Waals surface area contributed by atoms with Crippen LogP contribution in [0, 0.1) is 0 Å². The third-order valence-corrected chi connectivity index (χ3v) is 2.46. The molecular formula is C12H14N4O2. The zero-order valence-corrected chi connectivity index (χ0v) is 10.5. The number of hydrogen-bond donors (Lipinski definition) is 1. The molecule has 2 rings (SSSR count). The Kier molecular flexibility index (Phi) is 3.57. The van der Waals surface area contributed by atoms with E-state index in [0.29, 0.717) is 23.1 Å². The van der Waals surface area contributed by atoms with Gasteiger partial charge in [-0.05, 0) is 6.07 Å². The standard InChI is InChI=1S/C12H14N4O2/c1-13-12-11(18-3)10(15-7-16-12)8-4-5-9(17-2)14-6-8/h4-7H,1-3H3,(H,13,15,16). The summed E-state index contributed by atoms with van der Waals surface area (Å²) in [6.45, 7) is 0. The minimum atomic E-state index is 0.556. The molecule has 0 aliphatic carbocycles. The summed E-state index contributed by atoms with van der Waals surface area (Å²) in [5, 5.41) is 2.96. The molecular weight excluding hydrogens is 232 g/mol. The monoisotopic (exact) mass is 246 g/mol. The molecule has 0 aromatic carbocycles. The van der Waals surface area contributed by atoms with E-state index in [-0.39, 0.29) is 0 Å². The summed E-state index contributed by atoms with van der Waals surface area (Å²) in [5.41, 5.74) is 1.53. The van der Waals surface area contributed by atoms with Gasteiger partial charge in [-0.2, -0.15) is 0 Å². The zero-order chi connectivity index (χ0) is 13.0. The predicted molar refractivity (Wildman–Crippen MR) is 67.9 cm³/mol. The summed E-state index contributed by atoms with van der Waals surface area (Å²) in [4.78, 5) is 12.5. The van der Waals surface area contributed by atoms with Gasteiger partial charge in [-0.15, -0.1) is 0 Å². The summed E-state index contributed by atoms with van der Waals surface area (Å²) >= 11 is 0. The Morgan fingerprint density at radius 1 is 1.06 bits per heavy atom. The van der Waals surface area contributed by atoms with Crippen molar-refractivity contribution in [2.45, 2.75) is 0 Å². The Bertz CT molecular complexity index is 528. The average Bonchev–Trinajstić information content (AvgIpc) is 2.46. The van der Waals surface area contributed by atoms with Crippen LogP contribution in [0.5, 0.6) is 11.6 Å². The predicted octanol–water partition coefficient (Wildman–Crippen LogP) is 1.60. The molecule has 1 N–H and O–H groups in total. The second-order valence-electron chi connectivity index (χ2n) is 3.44. The fourth-order valence-electron chi connectivity index (χ4n) is 1.59. The second kappa shape index (κ2) is 5.31. The van der Waals surface area contributed by atoms with Crippen LogP contribution in [-0.2, 0) is 0 Å². The first-order valence-corrected chi connectivity index (χ1v) is 5.37. The molecule has 0 saturated carbocycles.